The minimum Gasteiger partial charge on any atom is -0.325 e. The smallest absolute Gasteiger partial charge is 0.256 e. The molecule has 0 saturated heterocycles. The summed E-state index contributed by atoms with van der Waals surface area (Å²) in [5.41, 5.74) is 4.49. The molecule has 27 heavy (non-hydrogen) atoms. The summed E-state index contributed by atoms with van der Waals surface area (Å²) in [6.07, 6.45) is 0. The zero-order valence-electron chi connectivity index (χ0n) is 15.4. The van der Waals surface area contributed by atoms with E-state index in [1.54, 1.807) is 0 Å². The van der Waals surface area contributed by atoms with Crippen LogP contribution < -0.4 is 5.32 Å². The van der Waals surface area contributed by atoms with Gasteiger partial charge in [-0.2, -0.15) is 5.26 Å². The number of benzene rings is 1. The standard InChI is InChI=1S/C18H18N6OS2/c1-10-5-14(27-9-19)6-11(2)16(10)21-15(25)8-26-18-23-22-17-20-12(3)7-13(4)24(17)18/h5-7H,8H2,1-4H3,(H,21,25). The van der Waals surface area contributed by atoms with Crippen molar-refractivity contribution in [2.24, 2.45) is 0 Å². The highest BCUT2D eigenvalue weighted by Gasteiger charge is 2.14. The fraction of sp³-hybridized carbons (Fsp3) is 0.278. The molecule has 1 aromatic carbocycles. The van der Waals surface area contributed by atoms with Crippen molar-refractivity contribution in [1.29, 1.82) is 5.26 Å². The van der Waals surface area contributed by atoms with Crippen molar-refractivity contribution in [3.05, 3.63) is 40.7 Å². The number of thiocyanates is 1. The summed E-state index contributed by atoms with van der Waals surface area (Å²) >= 11 is 2.43. The number of nitrogens with zero attached hydrogens (tertiary/aromatic N) is 5. The van der Waals surface area contributed by atoms with Gasteiger partial charge in [-0.05, 0) is 68.8 Å². The van der Waals surface area contributed by atoms with Crippen molar-refractivity contribution < 1.29 is 4.79 Å². The maximum Gasteiger partial charge on any atom is 0.256 e. The number of aromatic nitrogens is 4. The van der Waals surface area contributed by atoms with Crippen LogP contribution in [0.25, 0.3) is 5.78 Å². The Morgan fingerprint density at radius 2 is 1.89 bits per heavy atom. The normalized spacial score (nSPS) is 10.8. The SMILES string of the molecule is Cc1cc(C)n2c(SCC(=O)Nc3c(C)cc(SC#N)cc3C)nnc2n1. The molecule has 0 bridgehead atoms. The Labute approximate surface area is 165 Å². The lowest BCUT2D eigenvalue weighted by atomic mass is 10.1. The summed E-state index contributed by atoms with van der Waals surface area (Å²) < 4.78 is 1.84. The summed E-state index contributed by atoms with van der Waals surface area (Å²) in [4.78, 5) is 17.7. The summed E-state index contributed by atoms with van der Waals surface area (Å²) in [5, 5.41) is 22.7. The van der Waals surface area contributed by atoms with Crippen LogP contribution in [0.5, 0.6) is 0 Å². The number of hydrogen-bond donors (Lipinski definition) is 1. The van der Waals surface area contributed by atoms with Crippen molar-refractivity contribution >= 4 is 40.9 Å². The Kier molecular flexibility index (Phi) is 5.68. The molecule has 0 aliphatic heterocycles. The lowest BCUT2D eigenvalue weighted by Gasteiger charge is -2.12. The molecule has 7 nitrogen and oxygen atoms in total. The van der Waals surface area contributed by atoms with Gasteiger partial charge in [0, 0.05) is 22.0 Å². The van der Waals surface area contributed by atoms with E-state index in [2.05, 4.69) is 25.9 Å². The topological polar surface area (TPSA) is 96.0 Å². The predicted octanol–water partition coefficient (Wildman–Crippen LogP) is 3.66. The van der Waals surface area contributed by atoms with Crippen molar-refractivity contribution in [1.82, 2.24) is 19.6 Å². The molecule has 0 atom stereocenters. The highest BCUT2D eigenvalue weighted by Crippen LogP contribution is 2.28. The van der Waals surface area contributed by atoms with Crippen LogP contribution >= 0.6 is 23.5 Å². The van der Waals surface area contributed by atoms with Gasteiger partial charge < -0.3 is 5.32 Å². The maximum atomic E-state index is 12.4. The van der Waals surface area contributed by atoms with Crippen LogP contribution in [0.2, 0.25) is 0 Å². The number of nitrogens with one attached hydrogen (secondary N) is 1. The van der Waals surface area contributed by atoms with Gasteiger partial charge in [-0.15, -0.1) is 10.2 Å². The van der Waals surface area contributed by atoms with E-state index in [0.29, 0.717) is 10.9 Å². The molecular formula is C18H18N6OS2. The number of carbonyl (C=O) groups is 1. The fourth-order valence-corrected chi connectivity index (χ4v) is 4.19. The zero-order valence-corrected chi connectivity index (χ0v) is 17.0. The van der Waals surface area contributed by atoms with E-state index in [1.165, 1.54) is 11.8 Å². The average Bonchev–Trinajstić information content (AvgIpc) is 3.00. The molecule has 138 valence electrons. The number of aryl methyl sites for hydroxylation is 4. The van der Waals surface area contributed by atoms with Crippen LogP contribution in [0.15, 0.2) is 28.3 Å². The van der Waals surface area contributed by atoms with Crippen LogP contribution in [0, 0.1) is 38.4 Å². The van der Waals surface area contributed by atoms with Gasteiger partial charge in [0.2, 0.25) is 5.91 Å². The van der Waals surface area contributed by atoms with E-state index in [0.717, 1.165) is 44.9 Å². The number of fused-ring (bicyclic) bond motifs is 1. The summed E-state index contributed by atoms with van der Waals surface area (Å²) in [6.45, 7) is 7.71. The minimum atomic E-state index is -0.124. The van der Waals surface area contributed by atoms with Crippen LogP contribution in [-0.4, -0.2) is 31.2 Å². The second-order valence-electron chi connectivity index (χ2n) is 6.12. The Morgan fingerprint density at radius 1 is 1.19 bits per heavy atom. The molecule has 3 rings (SSSR count). The number of carbonyl (C=O) groups excluding carboxylic acids is 1. The van der Waals surface area contributed by atoms with E-state index >= 15 is 0 Å². The van der Waals surface area contributed by atoms with Gasteiger partial charge in [-0.3, -0.25) is 9.20 Å². The number of nitriles is 1. The number of thioether (sulfide) groups is 2. The summed E-state index contributed by atoms with van der Waals surface area (Å²) in [6, 6.07) is 5.74. The zero-order chi connectivity index (χ0) is 19.6. The van der Waals surface area contributed by atoms with Crippen LogP contribution in [0.1, 0.15) is 22.5 Å². The van der Waals surface area contributed by atoms with Gasteiger partial charge >= 0.3 is 0 Å². The van der Waals surface area contributed by atoms with E-state index in [4.69, 9.17) is 5.26 Å². The first-order valence-electron chi connectivity index (χ1n) is 8.18. The molecule has 0 aliphatic rings. The first kappa shape index (κ1) is 19.2. The molecular weight excluding hydrogens is 380 g/mol. The highest BCUT2D eigenvalue weighted by atomic mass is 32.2. The fourth-order valence-electron chi connectivity index (χ4n) is 2.83. The molecule has 9 heteroatoms. The summed E-state index contributed by atoms with van der Waals surface area (Å²) in [7, 11) is 0. The molecule has 2 heterocycles. The lowest BCUT2D eigenvalue weighted by Crippen LogP contribution is -2.16. The molecule has 1 amide bonds. The second kappa shape index (κ2) is 7.98. The molecule has 0 spiro atoms. The largest absolute Gasteiger partial charge is 0.325 e. The molecule has 1 N–H and O–H groups in total. The number of anilines is 1. The number of amides is 1. The third-order valence-corrected chi connectivity index (χ3v) is 5.42. The Balaban J connectivity index is 1.72. The van der Waals surface area contributed by atoms with Crippen molar-refractivity contribution in [2.75, 3.05) is 11.1 Å². The Bertz CT molecular complexity index is 1050. The van der Waals surface area contributed by atoms with Gasteiger partial charge in [0.05, 0.1) is 5.75 Å². The maximum absolute atomic E-state index is 12.4. The molecule has 0 saturated carbocycles. The number of hydrogen-bond acceptors (Lipinski definition) is 7. The van der Waals surface area contributed by atoms with Crippen LogP contribution in [0.4, 0.5) is 5.69 Å². The molecule has 0 aliphatic carbocycles. The molecule has 0 radical (unpaired) electrons. The van der Waals surface area contributed by atoms with Crippen molar-refractivity contribution in [2.45, 2.75) is 37.7 Å². The van der Waals surface area contributed by atoms with Crippen LogP contribution in [-0.2, 0) is 4.79 Å². The van der Waals surface area contributed by atoms with E-state index in [-0.39, 0.29) is 11.7 Å². The second-order valence-corrected chi connectivity index (χ2v) is 7.92. The van der Waals surface area contributed by atoms with Gasteiger partial charge in [0.25, 0.3) is 5.78 Å². The molecule has 0 unspecified atom stereocenters. The van der Waals surface area contributed by atoms with Gasteiger partial charge in [0.1, 0.15) is 5.40 Å². The highest BCUT2D eigenvalue weighted by molar-refractivity contribution is 8.03. The van der Waals surface area contributed by atoms with E-state index < -0.39 is 0 Å². The van der Waals surface area contributed by atoms with Crippen molar-refractivity contribution in [3.8, 4) is 5.40 Å². The van der Waals surface area contributed by atoms with Gasteiger partial charge in [-0.25, -0.2) is 4.98 Å². The number of rotatable bonds is 5. The Morgan fingerprint density at radius 3 is 2.56 bits per heavy atom. The van der Waals surface area contributed by atoms with Gasteiger partial charge in [0.15, 0.2) is 5.16 Å². The quantitative estimate of drug-likeness (QED) is 0.517. The lowest BCUT2D eigenvalue weighted by molar-refractivity contribution is -0.113. The van der Waals surface area contributed by atoms with Crippen molar-refractivity contribution in [3.63, 3.8) is 0 Å². The molecule has 0 fully saturated rings. The predicted molar refractivity (Wildman–Crippen MR) is 107 cm³/mol. The molecule has 2 aromatic heterocycles. The minimum absolute atomic E-state index is 0.124. The monoisotopic (exact) mass is 398 g/mol. The van der Waals surface area contributed by atoms with Gasteiger partial charge in [-0.1, -0.05) is 11.8 Å². The molecule has 3 aromatic rings. The first-order valence-corrected chi connectivity index (χ1v) is 9.98. The Hall–Kier alpha value is -2.57. The summed E-state index contributed by atoms with van der Waals surface area (Å²) in [5.74, 6) is 0.621. The van der Waals surface area contributed by atoms with Crippen LogP contribution in [0.3, 0.4) is 0 Å². The van der Waals surface area contributed by atoms with E-state index in [1.807, 2.05) is 50.3 Å². The third kappa shape index (κ3) is 4.23. The third-order valence-electron chi connectivity index (χ3n) is 3.93. The van der Waals surface area contributed by atoms with E-state index in [9.17, 15) is 4.79 Å². The first-order chi connectivity index (χ1) is 12.9. The average molecular weight is 399 g/mol.